The van der Waals surface area contributed by atoms with Crippen molar-refractivity contribution < 1.29 is 45.9 Å². The van der Waals surface area contributed by atoms with E-state index in [0.29, 0.717) is 22.9 Å². The Morgan fingerprint density at radius 1 is 0.447 bits per heavy atom. The molecule has 10 aromatic rings. The number of anilines is 9. The van der Waals surface area contributed by atoms with Gasteiger partial charge in [-0.05, 0) is 80.8 Å². The minimum absolute atomic E-state index is 0. The molecular weight excluding hydrogens is 1400 g/mol. The van der Waals surface area contributed by atoms with Crippen molar-refractivity contribution in [1.29, 1.82) is 0 Å². The van der Waals surface area contributed by atoms with Crippen molar-refractivity contribution in [2.24, 2.45) is 0 Å². The van der Waals surface area contributed by atoms with Gasteiger partial charge in [0.15, 0.2) is 0 Å². The molecule has 0 aliphatic carbocycles. The van der Waals surface area contributed by atoms with Crippen molar-refractivity contribution in [3.8, 4) is 45.1 Å². The Bertz CT molecular complexity index is 3680. The van der Waals surface area contributed by atoms with Crippen LogP contribution in [-0.2, 0) is 52.0 Å². The Balaban J connectivity index is 0.000000219. The summed E-state index contributed by atoms with van der Waals surface area (Å²) in [5.41, 5.74) is 19.0. The third kappa shape index (κ3) is 13.1. The zero-order valence-electron chi connectivity index (χ0n) is 48.8. The van der Waals surface area contributed by atoms with Crippen molar-refractivity contribution in [2.75, 3.05) is 49.5 Å². The summed E-state index contributed by atoms with van der Waals surface area (Å²) in [4.78, 5) is 22.3. The van der Waals surface area contributed by atoms with E-state index >= 15 is 0 Å². The number of hydrogen-bond donors (Lipinski definition) is 0. The van der Waals surface area contributed by atoms with Gasteiger partial charge < -0.3 is 44.1 Å². The molecule has 3 aliphatic heterocycles. The number of fused-ring (bicyclic) bond motifs is 3. The Morgan fingerprint density at radius 2 is 0.953 bits per heavy atom. The molecule has 0 bridgehead atoms. The number of unbranched alkanes of at least 4 members (excludes halogenated alkanes) is 1. The first-order chi connectivity index (χ1) is 40.3. The molecule has 0 N–H and O–H groups in total. The molecule has 9 nitrogen and oxygen atoms in total. The monoisotopic (exact) mass is 1470 g/mol. The summed E-state index contributed by atoms with van der Waals surface area (Å²) >= 11 is 0. The molecule has 0 saturated carbocycles. The molecule has 3 aliphatic rings. The summed E-state index contributed by atoms with van der Waals surface area (Å²) in [5, 5.41) is 0. The maximum atomic E-state index is 6.01. The summed E-state index contributed by atoms with van der Waals surface area (Å²) in [5.74, 6) is 1.15. The number of rotatable bonds is 13. The van der Waals surface area contributed by atoms with E-state index in [1.807, 2.05) is 50.1 Å². The normalized spacial score (nSPS) is 13.3. The van der Waals surface area contributed by atoms with E-state index in [4.69, 9.17) is 4.74 Å². The average Bonchev–Trinajstić information content (AvgIpc) is 4.02. The van der Waals surface area contributed by atoms with Crippen LogP contribution in [0.2, 0.25) is 0 Å². The van der Waals surface area contributed by atoms with Gasteiger partial charge in [-0.1, -0.05) is 149 Å². The van der Waals surface area contributed by atoms with Crippen LogP contribution in [-0.4, -0.2) is 30.1 Å². The number of ether oxygens (including phenoxy) is 1. The molecule has 8 aromatic carbocycles. The van der Waals surface area contributed by atoms with Gasteiger partial charge in [0.2, 0.25) is 0 Å². The number of pyridine rings is 2. The second-order valence-electron chi connectivity index (χ2n) is 23.1. The van der Waals surface area contributed by atoms with Crippen molar-refractivity contribution in [1.82, 2.24) is 9.97 Å². The first kappa shape index (κ1) is 60.1. The summed E-state index contributed by atoms with van der Waals surface area (Å²) < 4.78 is 6.01. The van der Waals surface area contributed by atoms with Gasteiger partial charge in [-0.25, -0.2) is 6.07 Å². The Hall–Kier alpha value is -8.00. The van der Waals surface area contributed by atoms with Crippen LogP contribution in [0.4, 0.5) is 51.2 Å². The van der Waals surface area contributed by atoms with E-state index in [1.165, 1.54) is 56.1 Å². The van der Waals surface area contributed by atoms with Gasteiger partial charge >= 0.3 is 0 Å². The van der Waals surface area contributed by atoms with Crippen LogP contribution >= 0.6 is 0 Å². The number of benzene rings is 8. The molecule has 0 atom stereocenters. The largest absolute Gasteiger partial charge is 0.510 e. The quantitative estimate of drug-likeness (QED) is 0.0830. The molecule has 85 heavy (non-hydrogen) atoms. The standard InChI is InChI=1S/C50H50N4.C24H16N4O.Ir.Pt/c1-49(2,3)39-25-29-41(30-26-39)53-35-51(45-23-15-21-43(47(45)53)37-17-9-7-10-18-37)33-13-14-34-52-36-54(42-31-27-40(28-32-42)50(4,5)6)48-44(22-16-24-46(48)52)38-19-11-8-12-20-38;1-27-17-28(24-11-3-2-10-23(24)27)18-7-6-8-19(15-18)29-20-12-14-26-22(16-20)21-9-4-5-13-25-21;;/h7-12,15-29,31,35-36H,13-14,33-34H2,1-6H3;2-8,10-14,17H,1H3;;/q2*-4;;. The van der Waals surface area contributed by atoms with E-state index < -0.39 is 0 Å². The van der Waals surface area contributed by atoms with Gasteiger partial charge in [0.05, 0.1) is 0 Å². The Kier molecular flexibility index (Phi) is 18.5. The molecule has 2 aromatic heterocycles. The smallest absolute Gasteiger partial charge is 0.0406 e. The summed E-state index contributed by atoms with van der Waals surface area (Å²) in [7, 11) is 2.03. The van der Waals surface area contributed by atoms with Crippen molar-refractivity contribution in [2.45, 2.75) is 65.2 Å². The average molecular weight is 1470 g/mol. The Labute approximate surface area is 531 Å². The summed E-state index contributed by atoms with van der Waals surface area (Å²) in [6, 6.07) is 84.4. The summed E-state index contributed by atoms with van der Waals surface area (Å²) in [6.07, 6.45) is 5.45. The molecule has 5 heterocycles. The van der Waals surface area contributed by atoms with Crippen LogP contribution in [0.5, 0.6) is 11.5 Å². The van der Waals surface area contributed by atoms with Crippen LogP contribution in [0, 0.1) is 50.3 Å². The van der Waals surface area contributed by atoms with E-state index in [-0.39, 0.29) is 52.0 Å². The molecule has 0 unspecified atom stereocenters. The SMILES string of the molecule is CC(C)(C)c1c[c-]c(N2[CH-]N(CCCCN3[CH-]N(c4[c-]cc(C(C)(C)C)cc4)c4c(-c5ccccc5)cccc43)c3cccc(-c4ccccc4)c32)cc1.CN1[CH-]N(c2[c-]c(Oc3[c-]c(-c4[c-]cccn4)ncc3)ccc2)c2ccccc21.[Ir].[Pt]. The number of hydrogen-bond acceptors (Lipinski definition) is 9. The van der Waals surface area contributed by atoms with Crippen LogP contribution in [0.1, 0.15) is 65.5 Å². The molecule has 0 spiro atoms. The zero-order valence-corrected chi connectivity index (χ0v) is 53.5. The van der Waals surface area contributed by atoms with E-state index in [9.17, 15) is 0 Å². The topological polar surface area (TPSA) is 54.5 Å². The van der Waals surface area contributed by atoms with E-state index in [1.54, 1.807) is 24.5 Å². The molecule has 0 amide bonds. The predicted octanol–water partition coefficient (Wildman–Crippen LogP) is 17.9. The van der Waals surface area contributed by atoms with Crippen molar-refractivity contribution >= 4 is 51.2 Å². The fraction of sp³-hybridized carbons (Fsp3) is 0.176. The van der Waals surface area contributed by atoms with E-state index in [2.05, 4.69) is 270 Å². The van der Waals surface area contributed by atoms with Gasteiger partial charge in [0.25, 0.3) is 0 Å². The maximum Gasteiger partial charge on any atom is 0.0406 e. The molecule has 13 rings (SSSR count). The van der Waals surface area contributed by atoms with Crippen molar-refractivity contribution in [3.05, 3.63) is 268 Å². The Morgan fingerprint density at radius 3 is 1.47 bits per heavy atom. The van der Waals surface area contributed by atoms with E-state index in [0.717, 1.165) is 54.4 Å². The molecule has 11 heteroatoms. The molecule has 0 fully saturated rings. The minimum Gasteiger partial charge on any atom is -0.510 e. The van der Waals surface area contributed by atoms with Crippen LogP contribution in [0.15, 0.2) is 207 Å². The fourth-order valence-corrected chi connectivity index (χ4v) is 10.8. The van der Waals surface area contributed by atoms with Gasteiger partial charge in [0, 0.05) is 97.9 Å². The van der Waals surface area contributed by atoms with Gasteiger partial charge in [-0.2, -0.15) is 85.7 Å². The van der Waals surface area contributed by atoms with Crippen LogP contribution in [0.25, 0.3) is 33.6 Å². The van der Waals surface area contributed by atoms with Gasteiger partial charge in [-0.3, -0.25) is 0 Å². The van der Waals surface area contributed by atoms with Crippen LogP contribution in [0.3, 0.4) is 0 Å². The first-order valence-corrected chi connectivity index (χ1v) is 28.4. The molecule has 1 radical (unpaired) electrons. The first-order valence-electron chi connectivity index (χ1n) is 28.4. The second-order valence-corrected chi connectivity index (χ2v) is 23.1. The predicted molar refractivity (Wildman–Crippen MR) is 340 cm³/mol. The number of nitrogens with zero attached hydrogens (tertiary/aromatic N) is 8. The number of aromatic nitrogens is 2. The fourth-order valence-electron chi connectivity index (χ4n) is 10.8. The molecule has 435 valence electrons. The molecular formula is C74H66IrN8OPt-8. The second kappa shape index (κ2) is 26.1. The summed E-state index contributed by atoms with van der Waals surface area (Å²) in [6.45, 7) is 21.9. The third-order valence-electron chi connectivity index (χ3n) is 15.2. The van der Waals surface area contributed by atoms with Crippen molar-refractivity contribution in [3.63, 3.8) is 0 Å². The third-order valence-corrected chi connectivity index (χ3v) is 15.2. The minimum atomic E-state index is 0. The van der Waals surface area contributed by atoms with Crippen LogP contribution < -0.4 is 34.1 Å². The number of para-hydroxylation sites is 4. The van der Waals surface area contributed by atoms with Gasteiger partial charge in [0.1, 0.15) is 0 Å². The maximum absolute atomic E-state index is 6.01. The van der Waals surface area contributed by atoms with Gasteiger partial charge in [-0.15, -0.1) is 70.9 Å². The zero-order chi connectivity index (χ0) is 57.1. The molecule has 0 saturated heterocycles.